The fraction of sp³-hybridized carbons (Fsp3) is 0.391. The molecule has 0 spiro atoms. The quantitative estimate of drug-likeness (QED) is 0.513. The van der Waals surface area contributed by atoms with Crippen LogP contribution in [0.5, 0.6) is 0 Å². The first-order valence-corrected chi connectivity index (χ1v) is 11.0. The van der Waals surface area contributed by atoms with Crippen molar-refractivity contribution in [2.45, 2.75) is 38.6 Å². The Labute approximate surface area is 183 Å². The second kappa shape index (κ2) is 7.01. The number of nitrogens with zero attached hydrogens (tertiary/aromatic N) is 5. The van der Waals surface area contributed by atoms with Gasteiger partial charge in [-0.3, -0.25) is 9.20 Å². The highest BCUT2D eigenvalue weighted by atomic mass is 19.1. The molecule has 0 aromatic carbocycles. The molecule has 32 heavy (non-hydrogen) atoms. The lowest BCUT2D eigenvalue weighted by Gasteiger charge is -2.45. The van der Waals surface area contributed by atoms with Crippen LogP contribution in [0.15, 0.2) is 36.9 Å². The molecular formula is C23H24FN7O. The summed E-state index contributed by atoms with van der Waals surface area (Å²) in [5, 5.41) is 4.23. The number of halogens is 1. The molecule has 9 heteroatoms. The molecule has 5 heterocycles. The summed E-state index contributed by atoms with van der Waals surface area (Å²) in [7, 11) is 0. The molecule has 0 radical (unpaired) electrons. The molecule has 6 rings (SSSR count). The lowest BCUT2D eigenvalue weighted by molar-refractivity contribution is -0.145. The number of pyridine rings is 1. The molecule has 1 aliphatic heterocycles. The number of likely N-dealkylation sites (tertiary alicyclic amines) is 1. The summed E-state index contributed by atoms with van der Waals surface area (Å²) >= 11 is 0. The number of aromatic amines is 1. The average molecular weight is 433 g/mol. The summed E-state index contributed by atoms with van der Waals surface area (Å²) in [6.07, 6.45) is 10.4. The minimum absolute atomic E-state index is 0.185. The van der Waals surface area contributed by atoms with Gasteiger partial charge in [0.1, 0.15) is 11.3 Å². The van der Waals surface area contributed by atoms with E-state index >= 15 is 0 Å². The van der Waals surface area contributed by atoms with Crippen molar-refractivity contribution >= 4 is 28.5 Å². The number of carbonyl (C=O) groups excluding carboxylic acids is 1. The number of H-pyrrole nitrogens is 1. The number of amides is 1. The maximum absolute atomic E-state index is 13.9. The van der Waals surface area contributed by atoms with E-state index in [0.29, 0.717) is 17.2 Å². The molecule has 0 atom stereocenters. The first kappa shape index (κ1) is 19.2. The van der Waals surface area contributed by atoms with E-state index in [0.717, 1.165) is 55.3 Å². The Kier molecular flexibility index (Phi) is 4.21. The number of rotatable bonds is 4. The van der Waals surface area contributed by atoms with Crippen LogP contribution in [0, 0.1) is 11.4 Å². The number of aromatic nitrogens is 5. The van der Waals surface area contributed by atoms with Crippen molar-refractivity contribution in [1.82, 2.24) is 29.2 Å². The van der Waals surface area contributed by atoms with Gasteiger partial charge in [0.05, 0.1) is 11.6 Å². The van der Waals surface area contributed by atoms with Gasteiger partial charge in [-0.1, -0.05) is 6.92 Å². The second-order valence-electron chi connectivity index (χ2n) is 9.19. The largest absolute Gasteiger partial charge is 0.351 e. The van der Waals surface area contributed by atoms with Crippen molar-refractivity contribution in [3.63, 3.8) is 0 Å². The van der Waals surface area contributed by atoms with Crippen molar-refractivity contribution in [2.75, 3.05) is 18.4 Å². The van der Waals surface area contributed by atoms with Crippen LogP contribution in [0.4, 0.5) is 10.3 Å². The Morgan fingerprint density at radius 3 is 2.84 bits per heavy atom. The first-order valence-electron chi connectivity index (χ1n) is 11.0. The number of imidazole rings is 1. The molecular weight excluding hydrogens is 409 g/mol. The summed E-state index contributed by atoms with van der Waals surface area (Å²) in [4.78, 5) is 31.1. The molecule has 8 nitrogen and oxygen atoms in total. The predicted octanol–water partition coefficient (Wildman–Crippen LogP) is 3.61. The summed E-state index contributed by atoms with van der Waals surface area (Å²) in [6.45, 7) is 3.84. The van der Waals surface area contributed by atoms with Crippen LogP contribution in [-0.4, -0.2) is 54.3 Å². The van der Waals surface area contributed by atoms with E-state index < -0.39 is 5.95 Å². The highest BCUT2D eigenvalue weighted by Gasteiger charge is 2.48. The third kappa shape index (κ3) is 3.03. The maximum Gasteiger partial charge on any atom is 0.228 e. The zero-order chi connectivity index (χ0) is 21.9. The fourth-order valence-electron chi connectivity index (χ4n) is 5.11. The van der Waals surface area contributed by atoms with E-state index in [1.54, 1.807) is 18.5 Å². The summed E-state index contributed by atoms with van der Waals surface area (Å²) in [5.41, 5.74) is 2.73. The Morgan fingerprint density at radius 1 is 1.22 bits per heavy atom. The highest BCUT2D eigenvalue weighted by Crippen LogP contribution is 2.44. The van der Waals surface area contributed by atoms with Crippen molar-refractivity contribution in [2.24, 2.45) is 5.41 Å². The third-order valence-corrected chi connectivity index (χ3v) is 6.84. The van der Waals surface area contributed by atoms with E-state index in [1.807, 2.05) is 17.2 Å². The van der Waals surface area contributed by atoms with Crippen molar-refractivity contribution < 1.29 is 9.18 Å². The van der Waals surface area contributed by atoms with Gasteiger partial charge in [0.2, 0.25) is 17.8 Å². The van der Waals surface area contributed by atoms with Gasteiger partial charge in [-0.05, 0) is 37.8 Å². The zero-order valence-corrected chi connectivity index (χ0v) is 17.8. The molecule has 164 valence electrons. The Hall–Kier alpha value is -3.49. The smallest absolute Gasteiger partial charge is 0.228 e. The van der Waals surface area contributed by atoms with E-state index in [4.69, 9.17) is 0 Å². The lowest BCUT2D eigenvalue weighted by Crippen LogP contribution is -2.53. The maximum atomic E-state index is 13.9. The number of nitrogens with one attached hydrogen (secondary N) is 2. The minimum Gasteiger partial charge on any atom is -0.351 e. The molecule has 4 aromatic rings. The number of hydrogen-bond donors (Lipinski definition) is 2. The number of anilines is 1. The van der Waals surface area contributed by atoms with E-state index in [-0.39, 0.29) is 17.4 Å². The number of hydrogen-bond acceptors (Lipinski definition) is 5. The number of carbonyl (C=O) groups is 1. The molecule has 2 N–H and O–H groups in total. The van der Waals surface area contributed by atoms with Gasteiger partial charge in [0.15, 0.2) is 0 Å². The van der Waals surface area contributed by atoms with Crippen LogP contribution in [0.2, 0.25) is 0 Å². The minimum atomic E-state index is -0.403. The van der Waals surface area contributed by atoms with E-state index in [9.17, 15) is 9.18 Å². The van der Waals surface area contributed by atoms with E-state index in [1.165, 1.54) is 10.6 Å². The average Bonchev–Trinajstić information content (AvgIpc) is 3.52. The Balaban J connectivity index is 1.19. The van der Waals surface area contributed by atoms with Gasteiger partial charge in [0.25, 0.3) is 0 Å². The molecule has 1 saturated carbocycles. The number of fused-ring (bicyclic) bond motifs is 2. The van der Waals surface area contributed by atoms with Crippen molar-refractivity contribution in [3.05, 3.63) is 42.9 Å². The molecule has 0 unspecified atom stereocenters. The van der Waals surface area contributed by atoms with Gasteiger partial charge in [-0.25, -0.2) is 9.97 Å². The molecule has 4 aromatic heterocycles. The van der Waals surface area contributed by atoms with Gasteiger partial charge in [0, 0.05) is 54.2 Å². The topological polar surface area (TPSA) is 91.2 Å². The zero-order valence-electron chi connectivity index (χ0n) is 17.8. The Bertz CT molecular complexity index is 1330. The monoisotopic (exact) mass is 433 g/mol. The van der Waals surface area contributed by atoms with Gasteiger partial charge in [-0.15, -0.1) is 0 Å². The van der Waals surface area contributed by atoms with Crippen LogP contribution >= 0.6 is 0 Å². The normalized spacial score (nSPS) is 23.1. The highest BCUT2D eigenvalue weighted by molar-refractivity contribution is 5.93. The summed E-state index contributed by atoms with van der Waals surface area (Å²) < 4.78 is 15.3. The van der Waals surface area contributed by atoms with Crippen LogP contribution in [0.1, 0.15) is 32.6 Å². The van der Waals surface area contributed by atoms with Crippen LogP contribution in [0.3, 0.4) is 0 Å². The van der Waals surface area contributed by atoms with Crippen LogP contribution in [0.25, 0.3) is 27.8 Å². The standard InChI is InChI=1S/C23H24FN7O/c1-23(21(32)30-6-2-3-7-30)8-15(9-23)28-22-27-11-17-16(10-26-20(17)29-22)14-4-5-19-25-12-18(24)31(19)13-14/h4-5,10-13,15H,2-3,6-9H2,1H3,(H2,26,27,28,29)/t15-,23+. The molecule has 2 aliphatic rings. The lowest BCUT2D eigenvalue weighted by atomic mass is 9.66. The van der Waals surface area contributed by atoms with Gasteiger partial charge in [-0.2, -0.15) is 9.37 Å². The molecule has 0 bridgehead atoms. The fourth-order valence-corrected chi connectivity index (χ4v) is 5.11. The first-order chi connectivity index (χ1) is 15.5. The van der Waals surface area contributed by atoms with Gasteiger partial charge < -0.3 is 15.2 Å². The predicted molar refractivity (Wildman–Crippen MR) is 119 cm³/mol. The SMILES string of the molecule is C[C@]1(C(=O)N2CCCC2)C[C@@H](Nc2ncc3c(-c4ccc5ncc(F)n5c4)c[nH]c3n2)C1. The van der Waals surface area contributed by atoms with Crippen molar-refractivity contribution in [1.29, 1.82) is 0 Å². The molecule has 1 aliphatic carbocycles. The summed E-state index contributed by atoms with van der Waals surface area (Å²) in [6, 6.07) is 3.87. The van der Waals surface area contributed by atoms with Gasteiger partial charge >= 0.3 is 0 Å². The summed E-state index contributed by atoms with van der Waals surface area (Å²) in [5.74, 6) is 0.424. The Morgan fingerprint density at radius 2 is 2.03 bits per heavy atom. The molecule has 1 saturated heterocycles. The van der Waals surface area contributed by atoms with E-state index in [2.05, 4.69) is 32.2 Å². The molecule has 1 amide bonds. The third-order valence-electron chi connectivity index (χ3n) is 6.84. The second-order valence-corrected chi connectivity index (χ2v) is 9.19. The van der Waals surface area contributed by atoms with Crippen LogP contribution in [-0.2, 0) is 4.79 Å². The molecule has 2 fully saturated rings. The van der Waals surface area contributed by atoms with Crippen molar-refractivity contribution in [3.8, 4) is 11.1 Å². The van der Waals surface area contributed by atoms with Crippen LogP contribution < -0.4 is 5.32 Å².